The topological polar surface area (TPSA) is 95.9 Å². The van der Waals surface area contributed by atoms with E-state index in [1.165, 1.54) is 4.90 Å². The van der Waals surface area contributed by atoms with Gasteiger partial charge in [-0.1, -0.05) is 18.2 Å². The number of piperazine rings is 1. The maximum atomic E-state index is 12.7. The van der Waals surface area contributed by atoms with Gasteiger partial charge in [0.15, 0.2) is 0 Å². The van der Waals surface area contributed by atoms with Gasteiger partial charge < -0.3 is 19.6 Å². The van der Waals surface area contributed by atoms with E-state index in [1.807, 2.05) is 24.3 Å². The van der Waals surface area contributed by atoms with Crippen molar-refractivity contribution in [3.8, 4) is 5.75 Å². The molecule has 1 fully saturated rings. The van der Waals surface area contributed by atoms with Gasteiger partial charge in [-0.25, -0.2) is 14.8 Å². The molecule has 1 aromatic carbocycles. The summed E-state index contributed by atoms with van der Waals surface area (Å²) in [4.78, 5) is 36.0. The fourth-order valence-electron chi connectivity index (χ4n) is 3.22. The number of methoxy groups -OCH3 is 1. The quantitative estimate of drug-likeness (QED) is 0.817. The van der Waals surface area contributed by atoms with Crippen LogP contribution in [0.15, 0.2) is 42.7 Å². The maximum Gasteiger partial charge on any atom is 0.328 e. The Bertz CT molecular complexity index is 799. The molecule has 8 heteroatoms. The summed E-state index contributed by atoms with van der Waals surface area (Å²) < 4.78 is 5.31. The number of carbonyl (C=O) groups is 2. The van der Waals surface area contributed by atoms with E-state index in [1.54, 1.807) is 30.5 Å². The Morgan fingerprint density at radius 3 is 2.63 bits per heavy atom. The molecular weight excluding hydrogens is 348 g/mol. The molecule has 1 atom stereocenters. The lowest BCUT2D eigenvalue weighted by atomic mass is 10.1. The highest BCUT2D eigenvalue weighted by molar-refractivity contribution is 5.84. The van der Waals surface area contributed by atoms with Crippen molar-refractivity contribution >= 4 is 17.8 Å². The van der Waals surface area contributed by atoms with Crippen molar-refractivity contribution in [2.75, 3.05) is 31.6 Å². The van der Waals surface area contributed by atoms with Crippen molar-refractivity contribution in [1.82, 2.24) is 14.9 Å². The number of carboxylic acids is 1. The summed E-state index contributed by atoms with van der Waals surface area (Å²) in [5, 5.41) is 9.61. The zero-order chi connectivity index (χ0) is 19.2. The lowest BCUT2D eigenvalue weighted by molar-refractivity contribution is -0.150. The monoisotopic (exact) mass is 370 g/mol. The van der Waals surface area contributed by atoms with E-state index < -0.39 is 12.0 Å². The summed E-state index contributed by atoms with van der Waals surface area (Å²) in [5.41, 5.74) is 0.927. The molecule has 1 amide bonds. The average molecular weight is 370 g/mol. The van der Waals surface area contributed by atoms with Crippen LogP contribution in [0.4, 0.5) is 5.95 Å². The Kier molecular flexibility index (Phi) is 5.85. The lowest BCUT2D eigenvalue weighted by Gasteiger charge is -2.39. The number of hydrogen-bond acceptors (Lipinski definition) is 6. The molecule has 0 saturated carbocycles. The average Bonchev–Trinajstić information content (AvgIpc) is 2.72. The summed E-state index contributed by atoms with van der Waals surface area (Å²) in [6.45, 7) is 0.980. The number of carbonyl (C=O) groups excluding carboxylic acids is 1. The molecule has 2 heterocycles. The van der Waals surface area contributed by atoms with Crippen LogP contribution in [0.3, 0.4) is 0 Å². The van der Waals surface area contributed by atoms with Crippen LogP contribution in [0.25, 0.3) is 0 Å². The number of aryl methyl sites for hydroxylation is 1. The van der Waals surface area contributed by atoms with Crippen LogP contribution in [0, 0.1) is 0 Å². The molecule has 1 aliphatic heterocycles. The lowest BCUT2D eigenvalue weighted by Crippen LogP contribution is -2.58. The molecule has 1 aliphatic rings. The number of benzene rings is 1. The first-order valence-electron chi connectivity index (χ1n) is 8.76. The van der Waals surface area contributed by atoms with E-state index in [-0.39, 0.29) is 18.9 Å². The minimum atomic E-state index is -1.03. The van der Waals surface area contributed by atoms with Crippen molar-refractivity contribution in [2.45, 2.75) is 18.9 Å². The smallest absolute Gasteiger partial charge is 0.328 e. The third-order valence-corrected chi connectivity index (χ3v) is 4.62. The molecule has 1 N–H and O–H groups in total. The van der Waals surface area contributed by atoms with Gasteiger partial charge in [0.2, 0.25) is 11.9 Å². The molecule has 142 valence electrons. The first-order valence-corrected chi connectivity index (χ1v) is 8.76. The van der Waals surface area contributed by atoms with Gasteiger partial charge in [-0.2, -0.15) is 0 Å². The number of aliphatic carboxylic acids is 1. The fourth-order valence-corrected chi connectivity index (χ4v) is 3.22. The molecule has 0 aliphatic carbocycles. The van der Waals surface area contributed by atoms with Crippen LogP contribution in [-0.2, 0) is 16.0 Å². The second kappa shape index (κ2) is 8.48. The van der Waals surface area contributed by atoms with Crippen molar-refractivity contribution in [3.05, 3.63) is 48.3 Å². The van der Waals surface area contributed by atoms with Gasteiger partial charge in [0, 0.05) is 31.9 Å². The number of nitrogens with zero attached hydrogens (tertiary/aromatic N) is 4. The number of amides is 1. The molecule has 1 aromatic heterocycles. The van der Waals surface area contributed by atoms with Crippen LogP contribution in [0.2, 0.25) is 0 Å². The van der Waals surface area contributed by atoms with Gasteiger partial charge in [-0.05, 0) is 24.1 Å². The predicted molar refractivity (Wildman–Crippen MR) is 98.7 cm³/mol. The van der Waals surface area contributed by atoms with Gasteiger partial charge >= 0.3 is 5.97 Å². The third-order valence-electron chi connectivity index (χ3n) is 4.62. The summed E-state index contributed by atoms with van der Waals surface area (Å²) in [6, 6.07) is 8.30. The molecule has 2 aromatic rings. The summed E-state index contributed by atoms with van der Waals surface area (Å²) in [5.74, 6) is -0.000731. The maximum absolute atomic E-state index is 12.7. The van der Waals surface area contributed by atoms with Gasteiger partial charge in [-0.15, -0.1) is 0 Å². The number of para-hydroxylation sites is 1. The first-order chi connectivity index (χ1) is 13.1. The Morgan fingerprint density at radius 1 is 1.19 bits per heavy atom. The number of ether oxygens (including phenoxy) is 1. The Morgan fingerprint density at radius 2 is 1.93 bits per heavy atom. The van der Waals surface area contributed by atoms with Gasteiger partial charge in [-0.3, -0.25) is 4.79 Å². The number of carboxylic acid groups (broad SMARTS) is 1. The van der Waals surface area contributed by atoms with Gasteiger partial charge in [0.25, 0.3) is 0 Å². The number of rotatable bonds is 6. The molecule has 3 rings (SSSR count). The summed E-state index contributed by atoms with van der Waals surface area (Å²) in [7, 11) is 1.59. The van der Waals surface area contributed by atoms with E-state index >= 15 is 0 Å². The van der Waals surface area contributed by atoms with E-state index in [9.17, 15) is 14.7 Å². The molecule has 0 bridgehead atoms. The van der Waals surface area contributed by atoms with Gasteiger partial charge in [0.05, 0.1) is 13.7 Å². The van der Waals surface area contributed by atoms with Crippen molar-refractivity contribution < 1.29 is 19.4 Å². The van der Waals surface area contributed by atoms with E-state index in [0.29, 0.717) is 25.5 Å². The zero-order valence-corrected chi connectivity index (χ0v) is 15.1. The number of aromatic nitrogens is 2. The molecule has 0 spiro atoms. The fraction of sp³-hybridized carbons (Fsp3) is 0.368. The largest absolute Gasteiger partial charge is 0.496 e. The van der Waals surface area contributed by atoms with Crippen molar-refractivity contribution in [3.63, 3.8) is 0 Å². The highest BCUT2D eigenvalue weighted by atomic mass is 16.5. The highest BCUT2D eigenvalue weighted by Crippen LogP contribution is 2.21. The summed E-state index contributed by atoms with van der Waals surface area (Å²) in [6.07, 6.45) is 3.95. The molecule has 0 radical (unpaired) electrons. The highest BCUT2D eigenvalue weighted by Gasteiger charge is 2.35. The molecule has 1 saturated heterocycles. The van der Waals surface area contributed by atoms with E-state index in [2.05, 4.69) is 9.97 Å². The van der Waals surface area contributed by atoms with Crippen molar-refractivity contribution in [1.29, 1.82) is 0 Å². The van der Waals surface area contributed by atoms with E-state index in [0.717, 1.165) is 11.3 Å². The zero-order valence-electron chi connectivity index (χ0n) is 15.1. The van der Waals surface area contributed by atoms with Crippen LogP contribution in [0.5, 0.6) is 5.75 Å². The molecule has 1 unspecified atom stereocenters. The van der Waals surface area contributed by atoms with Crippen LogP contribution >= 0.6 is 0 Å². The number of hydrogen-bond donors (Lipinski definition) is 1. The van der Waals surface area contributed by atoms with Crippen LogP contribution in [0.1, 0.15) is 12.0 Å². The second-order valence-electron chi connectivity index (χ2n) is 6.25. The van der Waals surface area contributed by atoms with E-state index in [4.69, 9.17) is 4.74 Å². The minimum Gasteiger partial charge on any atom is -0.496 e. The molecular formula is C19H22N4O4. The normalized spacial score (nSPS) is 16.9. The first kappa shape index (κ1) is 18.6. The Hall–Kier alpha value is -3.16. The Labute approximate surface area is 157 Å². The van der Waals surface area contributed by atoms with Gasteiger partial charge in [0.1, 0.15) is 11.8 Å². The standard InChI is InChI=1S/C19H22N4O4/c1-27-16-6-3-2-5-14(16)7-8-17(24)23-12-11-22(13-15(23)18(25)26)19-20-9-4-10-21-19/h2-6,9-10,15H,7-8,11-13H2,1H3,(H,25,26). The minimum absolute atomic E-state index is 0.166. The third kappa shape index (κ3) is 4.33. The second-order valence-corrected chi connectivity index (χ2v) is 6.25. The van der Waals surface area contributed by atoms with Crippen LogP contribution < -0.4 is 9.64 Å². The van der Waals surface area contributed by atoms with Crippen LogP contribution in [-0.4, -0.2) is 64.6 Å². The number of anilines is 1. The molecule has 8 nitrogen and oxygen atoms in total. The Balaban J connectivity index is 1.66. The van der Waals surface area contributed by atoms with Crippen molar-refractivity contribution in [2.24, 2.45) is 0 Å². The SMILES string of the molecule is COc1ccccc1CCC(=O)N1CCN(c2ncccn2)CC1C(=O)O. The predicted octanol–water partition coefficient (Wildman–Crippen LogP) is 1.22. The summed E-state index contributed by atoms with van der Waals surface area (Å²) >= 11 is 0. The molecule has 27 heavy (non-hydrogen) atoms.